The van der Waals surface area contributed by atoms with Crippen molar-refractivity contribution >= 4 is 23.1 Å². The molecular formula is C9H16N2S2. The maximum absolute atomic E-state index is 4.22. The van der Waals surface area contributed by atoms with E-state index in [0.29, 0.717) is 6.04 Å². The van der Waals surface area contributed by atoms with Gasteiger partial charge < -0.3 is 5.32 Å². The normalized spacial score (nSPS) is 13.1. The summed E-state index contributed by atoms with van der Waals surface area (Å²) in [6, 6.07) is 0.576. The van der Waals surface area contributed by atoms with E-state index in [1.54, 1.807) is 11.3 Å². The molecule has 2 nitrogen and oxygen atoms in total. The van der Waals surface area contributed by atoms with Gasteiger partial charge in [0.1, 0.15) is 0 Å². The van der Waals surface area contributed by atoms with E-state index in [1.807, 2.05) is 17.3 Å². The second-order valence-electron chi connectivity index (χ2n) is 2.92. The molecule has 0 aliphatic carbocycles. The fourth-order valence-electron chi connectivity index (χ4n) is 0.957. The average Bonchev–Trinajstić information content (AvgIpc) is 2.64. The van der Waals surface area contributed by atoms with Crippen LogP contribution < -0.4 is 5.32 Å². The van der Waals surface area contributed by atoms with Crippen LogP contribution in [0.3, 0.4) is 0 Å². The van der Waals surface area contributed by atoms with Crippen molar-refractivity contribution < 1.29 is 0 Å². The summed E-state index contributed by atoms with van der Waals surface area (Å²) < 4.78 is 0. The van der Waals surface area contributed by atoms with Gasteiger partial charge in [0.2, 0.25) is 0 Å². The Labute approximate surface area is 88.2 Å². The average molecular weight is 216 g/mol. The van der Waals surface area contributed by atoms with Crippen LogP contribution in [0.2, 0.25) is 0 Å². The largest absolute Gasteiger partial charge is 0.308 e. The fourth-order valence-corrected chi connectivity index (χ4v) is 2.22. The molecule has 0 radical (unpaired) electrons. The minimum atomic E-state index is 0.576. The number of nitrogens with one attached hydrogen (secondary N) is 1. The minimum absolute atomic E-state index is 0.576. The summed E-state index contributed by atoms with van der Waals surface area (Å²) >= 11 is 3.63. The minimum Gasteiger partial charge on any atom is -0.308 e. The second-order valence-corrected chi connectivity index (χ2v) is 4.96. The van der Waals surface area contributed by atoms with Gasteiger partial charge in [-0.25, -0.2) is 4.98 Å². The lowest BCUT2D eigenvalue weighted by atomic mass is 10.3. The molecule has 74 valence electrons. The lowest BCUT2D eigenvalue weighted by Gasteiger charge is -2.11. The van der Waals surface area contributed by atoms with Crippen molar-refractivity contribution in [1.82, 2.24) is 10.3 Å². The lowest BCUT2D eigenvalue weighted by molar-refractivity contribution is 0.590. The summed E-state index contributed by atoms with van der Waals surface area (Å²) in [5.74, 6) is 2.38. The standard InChI is InChI=1S/C9H16N2S2/c1-3-12-5-8(2)10-4-9-6-13-7-11-9/h6-8,10H,3-5H2,1-2H3. The molecule has 0 aliphatic heterocycles. The quantitative estimate of drug-likeness (QED) is 0.790. The number of aromatic nitrogens is 1. The number of thioether (sulfide) groups is 1. The molecule has 0 aromatic carbocycles. The maximum atomic E-state index is 4.22. The van der Waals surface area contributed by atoms with E-state index in [9.17, 15) is 0 Å². The Morgan fingerprint density at radius 1 is 1.69 bits per heavy atom. The molecule has 1 aromatic heterocycles. The van der Waals surface area contributed by atoms with Gasteiger partial charge in [-0.1, -0.05) is 6.92 Å². The Bertz CT molecular complexity index is 211. The second kappa shape index (κ2) is 6.40. The van der Waals surface area contributed by atoms with E-state index >= 15 is 0 Å². The number of thiazole rings is 1. The van der Waals surface area contributed by atoms with Gasteiger partial charge >= 0.3 is 0 Å². The van der Waals surface area contributed by atoms with Gasteiger partial charge in [-0.3, -0.25) is 0 Å². The van der Waals surface area contributed by atoms with Crippen molar-refractivity contribution in [3.8, 4) is 0 Å². The predicted molar refractivity (Wildman–Crippen MR) is 61.4 cm³/mol. The Morgan fingerprint density at radius 3 is 3.15 bits per heavy atom. The van der Waals surface area contributed by atoms with Crippen LogP contribution in [0.15, 0.2) is 10.9 Å². The molecule has 0 saturated heterocycles. The summed E-state index contributed by atoms with van der Waals surface area (Å²) in [6.45, 7) is 5.31. The molecule has 1 heterocycles. The monoisotopic (exact) mass is 216 g/mol. The molecule has 1 rings (SSSR count). The van der Waals surface area contributed by atoms with E-state index in [-0.39, 0.29) is 0 Å². The van der Waals surface area contributed by atoms with Crippen molar-refractivity contribution in [2.45, 2.75) is 26.4 Å². The molecule has 0 aliphatic rings. The van der Waals surface area contributed by atoms with E-state index in [4.69, 9.17) is 0 Å². The Morgan fingerprint density at radius 2 is 2.54 bits per heavy atom. The van der Waals surface area contributed by atoms with E-state index in [1.165, 1.54) is 11.5 Å². The fraction of sp³-hybridized carbons (Fsp3) is 0.667. The zero-order valence-corrected chi connectivity index (χ0v) is 9.75. The van der Waals surface area contributed by atoms with Crippen LogP contribution in [-0.4, -0.2) is 22.5 Å². The van der Waals surface area contributed by atoms with Gasteiger partial charge in [0.25, 0.3) is 0 Å². The molecule has 0 fully saturated rings. The van der Waals surface area contributed by atoms with E-state index < -0.39 is 0 Å². The number of rotatable bonds is 6. The highest BCUT2D eigenvalue weighted by molar-refractivity contribution is 7.99. The first-order valence-electron chi connectivity index (χ1n) is 4.51. The molecule has 1 unspecified atom stereocenters. The zero-order valence-electron chi connectivity index (χ0n) is 8.12. The summed E-state index contributed by atoms with van der Waals surface area (Å²) in [5.41, 5.74) is 3.03. The molecule has 1 atom stereocenters. The van der Waals surface area contributed by atoms with Crippen molar-refractivity contribution in [3.05, 3.63) is 16.6 Å². The topological polar surface area (TPSA) is 24.9 Å². The van der Waals surface area contributed by atoms with E-state index in [2.05, 4.69) is 29.5 Å². The lowest BCUT2D eigenvalue weighted by Crippen LogP contribution is -2.27. The summed E-state index contributed by atoms with van der Waals surface area (Å²) in [5, 5.41) is 5.53. The number of hydrogen-bond acceptors (Lipinski definition) is 4. The van der Waals surface area contributed by atoms with Gasteiger partial charge in [-0.05, 0) is 12.7 Å². The first kappa shape index (κ1) is 11.0. The van der Waals surface area contributed by atoms with Crippen LogP contribution in [0.1, 0.15) is 19.5 Å². The molecule has 0 spiro atoms. The zero-order chi connectivity index (χ0) is 9.52. The van der Waals surface area contributed by atoms with Crippen LogP contribution in [0, 0.1) is 0 Å². The summed E-state index contributed by atoms with van der Waals surface area (Å²) in [4.78, 5) is 4.22. The van der Waals surface area contributed by atoms with Crippen molar-refractivity contribution in [2.75, 3.05) is 11.5 Å². The Balaban J connectivity index is 2.11. The van der Waals surface area contributed by atoms with Crippen molar-refractivity contribution in [1.29, 1.82) is 0 Å². The summed E-state index contributed by atoms with van der Waals surface area (Å²) in [7, 11) is 0. The molecule has 0 saturated carbocycles. The molecule has 4 heteroatoms. The first-order valence-corrected chi connectivity index (χ1v) is 6.61. The molecule has 1 aromatic rings. The predicted octanol–water partition coefficient (Wildman–Crippen LogP) is 2.37. The highest BCUT2D eigenvalue weighted by atomic mass is 32.2. The SMILES string of the molecule is CCSCC(C)NCc1cscn1. The highest BCUT2D eigenvalue weighted by Crippen LogP contribution is 2.04. The van der Waals surface area contributed by atoms with Crippen molar-refractivity contribution in [2.24, 2.45) is 0 Å². The molecule has 0 amide bonds. The smallest absolute Gasteiger partial charge is 0.0795 e. The van der Waals surface area contributed by atoms with Gasteiger partial charge in [-0.15, -0.1) is 11.3 Å². The third-order valence-electron chi connectivity index (χ3n) is 1.69. The summed E-state index contributed by atoms with van der Waals surface area (Å²) in [6.07, 6.45) is 0. The van der Waals surface area contributed by atoms with Crippen LogP contribution in [-0.2, 0) is 6.54 Å². The van der Waals surface area contributed by atoms with Crippen LogP contribution in [0.5, 0.6) is 0 Å². The maximum Gasteiger partial charge on any atom is 0.0795 e. The van der Waals surface area contributed by atoms with Crippen LogP contribution in [0.4, 0.5) is 0 Å². The van der Waals surface area contributed by atoms with Crippen LogP contribution in [0.25, 0.3) is 0 Å². The van der Waals surface area contributed by atoms with Crippen LogP contribution >= 0.6 is 23.1 Å². The van der Waals surface area contributed by atoms with Gasteiger partial charge in [0.15, 0.2) is 0 Å². The Kier molecular flexibility index (Phi) is 5.43. The molecular weight excluding hydrogens is 200 g/mol. The molecule has 1 N–H and O–H groups in total. The van der Waals surface area contributed by atoms with Crippen molar-refractivity contribution in [3.63, 3.8) is 0 Å². The molecule has 0 bridgehead atoms. The number of nitrogens with zero attached hydrogens (tertiary/aromatic N) is 1. The van der Waals surface area contributed by atoms with Gasteiger partial charge in [0.05, 0.1) is 11.2 Å². The Hall–Kier alpha value is -0.0600. The van der Waals surface area contributed by atoms with E-state index in [0.717, 1.165) is 12.2 Å². The third kappa shape index (κ3) is 4.64. The van der Waals surface area contributed by atoms with Gasteiger partial charge in [-0.2, -0.15) is 11.8 Å². The first-order chi connectivity index (χ1) is 6.33. The highest BCUT2D eigenvalue weighted by Gasteiger charge is 2.01. The number of hydrogen-bond donors (Lipinski definition) is 1. The molecule has 13 heavy (non-hydrogen) atoms. The van der Waals surface area contributed by atoms with Gasteiger partial charge in [0, 0.05) is 23.7 Å². The third-order valence-corrected chi connectivity index (χ3v) is 3.47.